The van der Waals surface area contributed by atoms with Gasteiger partial charge in [0, 0.05) is 0 Å². The van der Waals surface area contributed by atoms with Gasteiger partial charge >= 0.3 is 0 Å². The minimum absolute atomic E-state index is 0.0721. The monoisotopic (exact) mass is 289 g/mol. The van der Waals surface area contributed by atoms with E-state index in [2.05, 4.69) is 9.97 Å². The third-order valence-corrected chi connectivity index (χ3v) is 2.63. The van der Waals surface area contributed by atoms with Crippen LogP contribution in [0, 0.1) is 3.57 Å². The summed E-state index contributed by atoms with van der Waals surface area (Å²) in [6, 6.07) is 0. The van der Waals surface area contributed by atoms with Gasteiger partial charge in [-0.05, 0) is 34.2 Å². The summed E-state index contributed by atoms with van der Waals surface area (Å²) in [5, 5.41) is 0.362. The fourth-order valence-corrected chi connectivity index (χ4v) is 1.05. The van der Waals surface area contributed by atoms with E-state index in [1.165, 1.54) is 0 Å². The Morgan fingerprint density at radius 2 is 1.90 bits per heavy atom. The molecule has 0 spiro atoms. The molecule has 0 amide bonds. The van der Waals surface area contributed by atoms with Crippen molar-refractivity contribution in [3.63, 3.8) is 0 Å². The van der Waals surface area contributed by atoms with Crippen LogP contribution in [0.2, 0.25) is 10.4 Å². The molecule has 2 N–H and O–H groups in total. The summed E-state index contributed by atoms with van der Waals surface area (Å²) >= 11 is 13.0. The normalized spacial score (nSPS) is 9.90. The highest BCUT2D eigenvalue weighted by Crippen LogP contribution is 2.21. The molecule has 0 atom stereocenters. The molecule has 1 aromatic heterocycles. The average molecular weight is 290 g/mol. The topological polar surface area (TPSA) is 51.8 Å². The number of hydrogen-bond acceptors (Lipinski definition) is 3. The lowest BCUT2D eigenvalue weighted by atomic mass is 10.6. The van der Waals surface area contributed by atoms with Crippen molar-refractivity contribution in [3.8, 4) is 0 Å². The van der Waals surface area contributed by atoms with Crippen LogP contribution in [-0.4, -0.2) is 9.97 Å². The highest BCUT2D eigenvalue weighted by molar-refractivity contribution is 14.1. The molecule has 0 fully saturated rings. The molecule has 0 saturated carbocycles. The zero-order valence-electron chi connectivity index (χ0n) is 4.61. The molecule has 10 heavy (non-hydrogen) atoms. The molecule has 1 aromatic rings. The molecule has 0 saturated heterocycles. The summed E-state index contributed by atoms with van der Waals surface area (Å²) in [7, 11) is 0. The molecular formula is C4H2Cl2IN3. The Balaban J connectivity index is 3.31. The number of nitrogens with two attached hydrogens (primary N) is 1. The lowest BCUT2D eigenvalue weighted by Crippen LogP contribution is -1.97. The number of halogens is 3. The molecule has 6 heteroatoms. The molecule has 0 bridgehead atoms. The Labute approximate surface area is 81.1 Å². The number of rotatable bonds is 0. The van der Waals surface area contributed by atoms with Crippen LogP contribution in [0.5, 0.6) is 0 Å². The first-order chi connectivity index (χ1) is 4.61. The third-order valence-electron chi connectivity index (χ3n) is 0.809. The zero-order chi connectivity index (χ0) is 7.72. The quantitative estimate of drug-likeness (QED) is 0.451. The van der Waals surface area contributed by atoms with E-state index in [1.54, 1.807) is 0 Å². The maximum absolute atomic E-state index is 5.60. The molecule has 0 aliphatic heterocycles. The largest absolute Gasteiger partial charge is 0.383 e. The molecule has 0 aliphatic rings. The highest BCUT2D eigenvalue weighted by atomic mass is 127. The van der Waals surface area contributed by atoms with Gasteiger partial charge in [0.25, 0.3) is 0 Å². The number of nitrogen functional groups attached to an aromatic ring is 1. The summed E-state index contributed by atoms with van der Waals surface area (Å²) in [5.74, 6) is 0.311. The van der Waals surface area contributed by atoms with Crippen molar-refractivity contribution in [1.82, 2.24) is 9.97 Å². The molecule has 0 radical (unpaired) electrons. The van der Waals surface area contributed by atoms with E-state index in [1.807, 2.05) is 22.6 Å². The van der Waals surface area contributed by atoms with Crippen molar-refractivity contribution < 1.29 is 0 Å². The number of hydrogen-bond donors (Lipinski definition) is 1. The Morgan fingerprint density at radius 1 is 1.30 bits per heavy atom. The second-order valence-corrected chi connectivity index (χ2v) is 3.26. The first kappa shape index (κ1) is 8.29. The van der Waals surface area contributed by atoms with Crippen LogP contribution in [0.4, 0.5) is 5.82 Å². The van der Waals surface area contributed by atoms with Crippen LogP contribution in [-0.2, 0) is 0 Å². The van der Waals surface area contributed by atoms with Crippen LogP contribution in [0.15, 0.2) is 0 Å². The van der Waals surface area contributed by atoms with E-state index in [-0.39, 0.29) is 10.4 Å². The molecule has 0 unspecified atom stereocenters. The molecule has 0 aromatic carbocycles. The van der Waals surface area contributed by atoms with Gasteiger partial charge in [0.15, 0.2) is 0 Å². The van der Waals surface area contributed by atoms with Crippen molar-refractivity contribution in [2.24, 2.45) is 0 Å². The summed E-state index contributed by atoms with van der Waals surface area (Å²) in [6.07, 6.45) is 0. The van der Waals surface area contributed by atoms with Gasteiger partial charge in [0.1, 0.15) is 11.0 Å². The summed E-state index contributed by atoms with van der Waals surface area (Å²) in [5.41, 5.74) is 5.39. The number of aromatic nitrogens is 2. The third kappa shape index (κ3) is 1.62. The molecular weight excluding hydrogens is 288 g/mol. The van der Waals surface area contributed by atoms with Gasteiger partial charge in [-0.3, -0.25) is 0 Å². The van der Waals surface area contributed by atoms with Crippen LogP contribution in [0.1, 0.15) is 0 Å². The van der Waals surface area contributed by atoms with E-state index < -0.39 is 0 Å². The first-order valence-electron chi connectivity index (χ1n) is 2.25. The van der Waals surface area contributed by atoms with E-state index in [0.717, 1.165) is 0 Å². The Morgan fingerprint density at radius 3 is 2.40 bits per heavy atom. The minimum atomic E-state index is 0.0721. The van der Waals surface area contributed by atoms with Crippen molar-refractivity contribution in [3.05, 3.63) is 14.0 Å². The number of nitrogens with zero attached hydrogens (tertiary/aromatic N) is 2. The van der Waals surface area contributed by atoms with E-state index in [0.29, 0.717) is 9.39 Å². The Bertz CT molecular complexity index is 242. The van der Waals surface area contributed by atoms with Gasteiger partial charge in [-0.1, -0.05) is 11.6 Å². The van der Waals surface area contributed by atoms with Crippen LogP contribution >= 0.6 is 45.8 Å². The molecule has 1 heterocycles. The highest BCUT2D eigenvalue weighted by Gasteiger charge is 2.04. The van der Waals surface area contributed by atoms with Crippen molar-refractivity contribution in [2.75, 3.05) is 5.73 Å². The fourth-order valence-electron chi connectivity index (χ4n) is 0.409. The van der Waals surface area contributed by atoms with Crippen LogP contribution < -0.4 is 5.73 Å². The second kappa shape index (κ2) is 3.06. The smallest absolute Gasteiger partial charge is 0.225 e. The Kier molecular flexibility index (Phi) is 2.54. The SMILES string of the molecule is Nc1nc(Cl)nc(Cl)c1I. The lowest BCUT2D eigenvalue weighted by molar-refractivity contribution is 1.16. The van der Waals surface area contributed by atoms with Gasteiger partial charge < -0.3 is 5.73 Å². The van der Waals surface area contributed by atoms with Crippen LogP contribution in [0.25, 0.3) is 0 Å². The van der Waals surface area contributed by atoms with E-state index in [4.69, 9.17) is 28.9 Å². The van der Waals surface area contributed by atoms with Gasteiger partial charge in [-0.2, -0.15) is 4.98 Å². The predicted molar refractivity (Wildman–Crippen MR) is 49.2 cm³/mol. The average Bonchev–Trinajstić information content (AvgIpc) is 1.82. The summed E-state index contributed by atoms with van der Waals surface area (Å²) < 4.78 is 0.628. The van der Waals surface area contributed by atoms with Gasteiger partial charge in [0.2, 0.25) is 5.28 Å². The van der Waals surface area contributed by atoms with Crippen molar-refractivity contribution in [2.45, 2.75) is 0 Å². The van der Waals surface area contributed by atoms with Gasteiger partial charge in [-0.25, -0.2) is 4.98 Å². The van der Waals surface area contributed by atoms with Crippen molar-refractivity contribution >= 4 is 51.6 Å². The van der Waals surface area contributed by atoms with E-state index in [9.17, 15) is 0 Å². The first-order valence-corrected chi connectivity index (χ1v) is 4.08. The predicted octanol–water partition coefficient (Wildman–Crippen LogP) is 1.97. The molecule has 54 valence electrons. The summed E-state index contributed by atoms with van der Waals surface area (Å²) in [6.45, 7) is 0. The van der Waals surface area contributed by atoms with Crippen LogP contribution in [0.3, 0.4) is 0 Å². The Hall–Kier alpha value is 0.190. The van der Waals surface area contributed by atoms with Gasteiger partial charge in [-0.15, -0.1) is 0 Å². The molecule has 0 aliphatic carbocycles. The fraction of sp³-hybridized carbons (Fsp3) is 0. The molecule has 3 nitrogen and oxygen atoms in total. The van der Waals surface area contributed by atoms with E-state index >= 15 is 0 Å². The maximum atomic E-state index is 5.60. The van der Waals surface area contributed by atoms with Crippen molar-refractivity contribution in [1.29, 1.82) is 0 Å². The molecule has 1 rings (SSSR count). The standard InChI is InChI=1S/C4H2Cl2IN3/c5-2-1(7)3(8)10-4(6)9-2/h(H2,8,9,10). The minimum Gasteiger partial charge on any atom is -0.383 e. The lowest BCUT2D eigenvalue weighted by Gasteiger charge is -1.97. The maximum Gasteiger partial charge on any atom is 0.225 e. The summed E-state index contributed by atoms with van der Waals surface area (Å²) in [4.78, 5) is 7.34. The number of anilines is 1. The second-order valence-electron chi connectivity index (χ2n) is 1.48. The van der Waals surface area contributed by atoms with Gasteiger partial charge in [0.05, 0.1) is 3.57 Å². The zero-order valence-corrected chi connectivity index (χ0v) is 8.28.